The summed E-state index contributed by atoms with van der Waals surface area (Å²) in [5.74, 6) is 0. The van der Waals surface area contributed by atoms with Crippen LogP contribution in [-0.4, -0.2) is 17.7 Å². The van der Waals surface area contributed by atoms with Crippen molar-refractivity contribution in [2.75, 3.05) is 12.8 Å². The molecule has 0 bridgehead atoms. The third-order valence-electron chi connectivity index (χ3n) is 4.19. The van der Waals surface area contributed by atoms with E-state index in [4.69, 9.17) is 4.52 Å². The normalized spacial score (nSPS) is 14.1. The van der Waals surface area contributed by atoms with E-state index in [1.807, 2.05) is 0 Å². The second kappa shape index (κ2) is 16.0. The Morgan fingerprint density at radius 2 is 1.05 bits per heavy atom. The van der Waals surface area contributed by atoms with E-state index in [-0.39, 0.29) is 6.16 Å². The predicted octanol–water partition coefficient (Wildman–Crippen LogP) is 6.69. The van der Waals surface area contributed by atoms with Gasteiger partial charge >= 0.3 is 7.60 Å². The summed E-state index contributed by atoms with van der Waals surface area (Å²) >= 11 is 0. The van der Waals surface area contributed by atoms with E-state index in [2.05, 4.69) is 6.92 Å². The Balaban J connectivity index is 3.07. The Morgan fingerprint density at radius 3 is 1.41 bits per heavy atom. The Labute approximate surface area is 138 Å². The highest BCUT2D eigenvalue weighted by atomic mass is 31.2. The molecule has 1 atom stereocenters. The average Bonchev–Trinajstić information content (AvgIpc) is 2.51. The molecule has 0 fully saturated rings. The Hall–Kier alpha value is 0.150. The first kappa shape index (κ1) is 22.1. The van der Waals surface area contributed by atoms with Gasteiger partial charge in [-0.05, 0) is 6.42 Å². The van der Waals surface area contributed by atoms with Crippen LogP contribution in [0.15, 0.2) is 0 Å². The summed E-state index contributed by atoms with van der Waals surface area (Å²) in [6.07, 6.45) is 18.7. The molecule has 0 saturated heterocycles. The first-order chi connectivity index (χ1) is 10.6. The van der Waals surface area contributed by atoms with Crippen molar-refractivity contribution >= 4 is 7.60 Å². The summed E-state index contributed by atoms with van der Waals surface area (Å²) in [6.45, 7) is 4.38. The van der Waals surface area contributed by atoms with Crippen LogP contribution in [0.4, 0.5) is 0 Å². The van der Waals surface area contributed by atoms with Gasteiger partial charge in [0.05, 0.1) is 6.61 Å². The zero-order valence-corrected chi connectivity index (χ0v) is 15.9. The average molecular weight is 334 g/mol. The minimum Gasteiger partial charge on any atom is -0.324 e. The second-order valence-corrected chi connectivity index (χ2v) is 8.55. The molecule has 4 heteroatoms. The van der Waals surface area contributed by atoms with E-state index in [1.165, 1.54) is 77.0 Å². The molecule has 3 nitrogen and oxygen atoms in total. The molecule has 0 aromatic carbocycles. The number of unbranched alkanes of at least 4 members (excludes halogenated alkanes) is 13. The molecule has 0 aromatic heterocycles. The van der Waals surface area contributed by atoms with Crippen LogP contribution >= 0.6 is 7.60 Å². The molecule has 1 unspecified atom stereocenters. The van der Waals surface area contributed by atoms with Crippen LogP contribution in [0.5, 0.6) is 0 Å². The lowest BCUT2D eigenvalue weighted by Crippen LogP contribution is -1.94. The van der Waals surface area contributed by atoms with Gasteiger partial charge in [-0.25, -0.2) is 0 Å². The molecule has 0 aliphatic heterocycles. The number of hydrogen-bond donors (Lipinski definition) is 1. The maximum Gasteiger partial charge on any atom is 0.327 e. The van der Waals surface area contributed by atoms with E-state index >= 15 is 0 Å². The van der Waals surface area contributed by atoms with Crippen LogP contribution in [0, 0.1) is 0 Å². The van der Waals surface area contributed by atoms with Gasteiger partial charge < -0.3 is 9.42 Å². The minimum absolute atomic E-state index is 0.214. The fraction of sp³-hybridized carbons (Fsp3) is 1.00. The van der Waals surface area contributed by atoms with Crippen LogP contribution in [0.25, 0.3) is 0 Å². The maximum absolute atomic E-state index is 11.2. The molecule has 0 saturated carbocycles. The highest BCUT2D eigenvalue weighted by molar-refractivity contribution is 7.52. The molecule has 134 valence electrons. The molecule has 0 aliphatic rings. The topological polar surface area (TPSA) is 46.5 Å². The molecule has 0 heterocycles. The molecule has 0 rings (SSSR count). The van der Waals surface area contributed by atoms with Gasteiger partial charge in [-0.1, -0.05) is 97.3 Å². The molecular weight excluding hydrogens is 295 g/mol. The molecule has 0 amide bonds. The molecule has 1 N–H and O–H groups in total. The zero-order chi connectivity index (χ0) is 16.5. The van der Waals surface area contributed by atoms with Gasteiger partial charge in [0, 0.05) is 6.16 Å². The SMILES string of the molecule is CCCCCCCCCCCCCCCCOP(=O)(O)CC. The van der Waals surface area contributed by atoms with Gasteiger partial charge in [-0.15, -0.1) is 0 Å². The molecule has 0 aliphatic carbocycles. The summed E-state index contributed by atoms with van der Waals surface area (Å²) in [4.78, 5) is 9.26. The summed E-state index contributed by atoms with van der Waals surface area (Å²) in [7, 11) is -3.26. The summed E-state index contributed by atoms with van der Waals surface area (Å²) < 4.78 is 16.2. The van der Waals surface area contributed by atoms with Gasteiger partial charge in [0.15, 0.2) is 0 Å². The molecular formula is C18H39O3P. The van der Waals surface area contributed by atoms with Crippen molar-refractivity contribution in [1.29, 1.82) is 0 Å². The molecule has 0 radical (unpaired) electrons. The molecule has 0 spiro atoms. The lowest BCUT2D eigenvalue weighted by molar-refractivity contribution is 0.253. The number of hydrogen-bond acceptors (Lipinski definition) is 2. The quantitative estimate of drug-likeness (QED) is 0.238. The van der Waals surface area contributed by atoms with Crippen LogP contribution in [0.3, 0.4) is 0 Å². The first-order valence-corrected chi connectivity index (χ1v) is 11.3. The minimum atomic E-state index is -3.26. The third-order valence-corrected chi connectivity index (χ3v) is 5.58. The van der Waals surface area contributed by atoms with E-state index in [0.29, 0.717) is 6.61 Å². The molecule has 0 aromatic rings. The Bertz CT molecular complexity index is 269. The van der Waals surface area contributed by atoms with Crippen molar-refractivity contribution in [2.24, 2.45) is 0 Å². The fourth-order valence-corrected chi connectivity index (χ4v) is 3.19. The largest absolute Gasteiger partial charge is 0.327 e. The van der Waals surface area contributed by atoms with Crippen molar-refractivity contribution in [1.82, 2.24) is 0 Å². The van der Waals surface area contributed by atoms with Crippen molar-refractivity contribution < 1.29 is 14.0 Å². The Kier molecular flexibility index (Phi) is 16.1. The zero-order valence-electron chi connectivity index (χ0n) is 15.0. The van der Waals surface area contributed by atoms with Gasteiger partial charge in [0.1, 0.15) is 0 Å². The first-order valence-electron chi connectivity index (χ1n) is 9.58. The second-order valence-electron chi connectivity index (χ2n) is 6.38. The van der Waals surface area contributed by atoms with Crippen LogP contribution in [0.2, 0.25) is 0 Å². The monoisotopic (exact) mass is 334 g/mol. The predicted molar refractivity (Wildman–Crippen MR) is 96.6 cm³/mol. The highest BCUT2D eigenvalue weighted by Gasteiger charge is 2.14. The lowest BCUT2D eigenvalue weighted by atomic mass is 10.0. The van der Waals surface area contributed by atoms with Crippen molar-refractivity contribution in [3.8, 4) is 0 Å². The third kappa shape index (κ3) is 16.5. The van der Waals surface area contributed by atoms with Crippen LogP contribution in [-0.2, 0) is 9.09 Å². The Morgan fingerprint density at radius 1 is 0.682 bits per heavy atom. The van der Waals surface area contributed by atoms with Gasteiger partial charge in [0.25, 0.3) is 0 Å². The fourth-order valence-electron chi connectivity index (χ4n) is 2.60. The number of rotatable bonds is 17. The van der Waals surface area contributed by atoms with Gasteiger partial charge in [0.2, 0.25) is 0 Å². The van der Waals surface area contributed by atoms with Crippen molar-refractivity contribution in [2.45, 2.75) is 104 Å². The maximum atomic E-state index is 11.2. The molecule has 22 heavy (non-hydrogen) atoms. The smallest absolute Gasteiger partial charge is 0.324 e. The van der Waals surface area contributed by atoms with Crippen LogP contribution < -0.4 is 0 Å². The lowest BCUT2D eigenvalue weighted by Gasteiger charge is -2.09. The van der Waals surface area contributed by atoms with E-state index in [0.717, 1.165) is 12.8 Å². The van der Waals surface area contributed by atoms with Gasteiger partial charge in [-0.2, -0.15) is 0 Å². The van der Waals surface area contributed by atoms with E-state index in [9.17, 15) is 9.46 Å². The van der Waals surface area contributed by atoms with Crippen molar-refractivity contribution in [3.63, 3.8) is 0 Å². The summed E-state index contributed by atoms with van der Waals surface area (Å²) in [5.41, 5.74) is 0. The van der Waals surface area contributed by atoms with Gasteiger partial charge in [-0.3, -0.25) is 4.57 Å². The van der Waals surface area contributed by atoms with E-state index in [1.54, 1.807) is 6.92 Å². The van der Waals surface area contributed by atoms with Crippen LogP contribution in [0.1, 0.15) is 104 Å². The summed E-state index contributed by atoms with van der Waals surface area (Å²) in [5, 5.41) is 0. The summed E-state index contributed by atoms with van der Waals surface area (Å²) in [6, 6.07) is 0. The standard InChI is InChI=1S/C18H39O3P/c1-3-5-6-7-8-9-10-11-12-13-14-15-16-17-18-21-22(19,20)4-2/h3-18H2,1-2H3,(H,19,20). The van der Waals surface area contributed by atoms with Crippen molar-refractivity contribution in [3.05, 3.63) is 0 Å². The highest BCUT2D eigenvalue weighted by Crippen LogP contribution is 2.41. The van der Waals surface area contributed by atoms with E-state index < -0.39 is 7.60 Å².